The SMILES string of the molecule is O=C(CSc1ccc(F)cc1F)Nc1ccccc1[N+](=O)[O-]. The van der Waals surface area contributed by atoms with Crippen LogP contribution in [-0.4, -0.2) is 16.6 Å². The van der Waals surface area contributed by atoms with Crippen LogP contribution in [0.1, 0.15) is 0 Å². The molecule has 2 aromatic carbocycles. The number of nitrogens with zero attached hydrogens (tertiary/aromatic N) is 1. The van der Waals surface area contributed by atoms with Crippen molar-refractivity contribution in [2.75, 3.05) is 11.1 Å². The highest BCUT2D eigenvalue weighted by Gasteiger charge is 2.15. The molecule has 0 spiro atoms. The summed E-state index contributed by atoms with van der Waals surface area (Å²) in [5.41, 5.74) is -0.161. The zero-order valence-electron chi connectivity index (χ0n) is 11.1. The van der Waals surface area contributed by atoms with Gasteiger partial charge in [0.2, 0.25) is 5.91 Å². The lowest BCUT2D eigenvalue weighted by molar-refractivity contribution is -0.383. The fourth-order valence-corrected chi connectivity index (χ4v) is 2.38. The van der Waals surface area contributed by atoms with Crippen LogP contribution < -0.4 is 5.32 Å². The van der Waals surface area contributed by atoms with Crippen molar-refractivity contribution < 1.29 is 18.5 Å². The molecule has 0 aliphatic rings. The summed E-state index contributed by atoms with van der Waals surface area (Å²) in [5.74, 6) is -2.15. The van der Waals surface area contributed by atoms with Crippen molar-refractivity contribution in [1.82, 2.24) is 0 Å². The summed E-state index contributed by atoms with van der Waals surface area (Å²) in [6.07, 6.45) is 0. The lowest BCUT2D eigenvalue weighted by Gasteiger charge is -2.06. The molecule has 0 radical (unpaired) electrons. The number of amides is 1. The quantitative estimate of drug-likeness (QED) is 0.518. The highest BCUT2D eigenvalue weighted by atomic mass is 32.2. The van der Waals surface area contributed by atoms with Gasteiger partial charge in [0.25, 0.3) is 5.69 Å². The maximum absolute atomic E-state index is 13.4. The van der Waals surface area contributed by atoms with Gasteiger partial charge in [0.1, 0.15) is 17.3 Å². The standard InChI is InChI=1S/C14H10F2N2O3S/c15-9-5-6-13(10(16)7-9)22-8-14(19)17-11-3-1-2-4-12(11)18(20)21/h1-7H,8H2,(H,17,19). The number of rotatable bonds is 5. The lowest BCUT2D eigenvalue weighted by Crippen LogP contribution is -2.15. The van der Waals surface area contributed by atoms with Crippen LogP contribution in [0.4, 0.5) is 20.2 Å². The van der Waals surface area contributed by atoms with Gasteiger partial charge in [-0.25, -0.2) is 8.78 Å². The van der Waals surface area contributed by atoms with Crippen LogP contribution in [0.15, 0.2) is 47.4 Å². The minimum atomic E-state index is -0.761. The number of nitrogens with one attached hydrogen (secondary N) is 1. The molecule has 22 heavy (non-hydrogen) atoms. The van der Waals surface area contributed by atoms with E-state index < -0.39 is 22.5 Å². The second-order valence-corrected chi connectivity index (χ2v) is 5.20. The first-order valence-corrected chi connectivity index (χ1v) is 7.07. The molecule has 0 atom stereocenters. The highest BCUT2D eigenvalue weighted by Crippen LogP contribution is 2.25. The average molecular weight is 324 g/mol. The number of anilines is 1. The molecule has 8 heteroatoms. The van der Waals surface area contributed by atoms with Crippen LogP contribution in [0.3, 0.4) is 0 Å². The molecule has 1 N–H and O–H groups in total. The first-order valence-electron chi connectivity index (χ1n) is 6.08. The van der Waals surface area contributed by atoms with E-state index in [4.69, 9.17) is 0 Å². The molecule has 0 bridgehead atoms. The maximum atomic E-state index is 13.4. The van der Waals surface area contributed by atoms with Crippen molar-refractivity contribution in [2.45, 2.75) is 4.90 Å². The Morgan fingerprint density at radius 1 is 1.23 bits per heavy atom. The average Bonchev–Trinajstić information content (AvgIpc) is 2.46. The molecule has 2 rings (SSSR count). The van der Waals surface area contributed by atoms with Gasteiger partial charge >= 0.3 is 0 Å². The van der Waals surface area contributed by atoms with Crippen LogP contribution in [0, 0.1) is 21.7 Å². The van der Waals surface area contributed by atoms with Crippen LogP contribution in [0.25, 0.3) is 0 Å². The third-order valence-electron chi connectivity index (χ3n) is 2.63. The number of nitro benzene ring substituents is 1. The van der Waals surface area contributed by atoms with Gasteiger partial charge < -0.3 is 5.32 Å². The Morgan fingerprint density at radius 2 is 1.95 bits per heavy atom. The van der Waals surface area contributed by atoms with E-state index in [1.54, 1.807) is 6.07 Å². The van der Waals surface area contributed by atoms with Crippen molar-refractivity contribution in [3.63, 3.8) is 0 Å². The van der Waals surface area contributed by atoms with Gasteiger partial charge in [0.15, 0.2) is 0 Å². The van der Waals surface area contributed by atoms with E-state index in [1.807, 2.05) is 0 Å². The third-order valence-corrected chi connectivity index (χ3v) is 3.68. The van der Waals surface area contributed by atoms with Gasteiger partial charge in [-0.2, -0.15) is 0 Å². The molecule has 5 nitrogen and oxygen atoms in total. The summed E-state index contributed by atoms with van der Waals surface area (Å²) in [4.78, 5) is 22.1. The van der Waals surface area contributed by atoms with E-state index in [9.17, 15) is 23.7 Å². The first kappa shape index (κ1) is 15.9. The second kappa shape index (κ2) is 6.99. The summed E-state index contributed by atoms with van der Waals surface area (Å²) >= 11 is 0.874. The minimum Gasteiger partial charge on any atom is -0.320 e. The fraction of sp³-hybridized carbons (Fsp3) is 0.0714. The predicted octanol–water partition coefficient (Wildman–Crippen LogP) is 3.60. The van der Waals surface area contributed by atoms with Crippen molar-refractivity contribution in [2.24, 2.45) is 0 Å². The summed E-state index contributed by atoms with van der Waals surface area (Å²) in [7, 11) is 0. The molecule has 0 fully saturated rings. The Morgan fingerprint density at radius 3 is 2.64 bits per heavy atom. The third kappa shape index (κ3) is 4.01. The Labute approximate surface area is 128 Å². The van der Waals surface area contributed by atoms with Crippen LogP contribution >= 0.6 is 11.8 Å². The predicted molar refractivity (Wildman–Crippen MR) is 78.8 cm³/mol. The molecular formula is C14H10F2N2O3S. The number of thioether (sulfide) groups is 1. The van der Waals surface area contributed by atoms with Crippen molar-refractivity contribution in [1.29, 1.82) is 0 Å². The zero-order chi connectivity index (χ0) is 16.1. The molecule has 0 saturated carbocycles. The normalized spacial score (nSPS) is 10.3. The van der Waals surface area contributed by atoms with Crippen molar-refractivity contribution in [3.8, 4) is 0 Å². The number of hydrogen-bond acceptors (Lipinski definition) is 4. The maximum Gasteiger partial charge on any atom is 0.292 e. The van der Waals surface area contributed by atoms with E-state index in [2.05, 4.69) is 5.32 Å². The number of benzene rings is 2. The van der Waals surface area contributed by atoms with Crippen LogP contribution in [-0.2, 0) is 4.79 Å². The van der Waals surface area contributed by atoms with E-state index in [1.165, 1.54) is 24.3 Å². The summed E-state index contributed by atoms with van der Waals surface area (Å²) in [6.45, 7) is 0. The minimum absolute atomic E-state index is 0.0673. The van der Waals surface area contributed by atoms with Crippen LogP contribution in [0.5, 0.6) is 0 Å². The molecule has 0 unspecified atom stereocenters. The Hall–Kier alpha value is -2.48. The van der Waals surface area contributed by atoms with E-state index in [0.29, 0.717) is 0 Å². The molecular weight excluding hydrogens is 314 g/mol. The fourth-order valence-electron chi connectivity index (χ4n) is 1.66. The second-order valence-electron chi connectivity index (χ2n) is 4.19. The highest BCUT2D eigenvalue weighted by molar-refractivity contribution is 8.00. The van der Waals surface area contributed by atoms with Crippen molar-refractivity contribution >= 4 is 29.0 Å². The number of para-hydroxylation sites is 2. The van der Waals surface area contributed by atoms with Gasteiger partial charge in [-0.3, -0.25) is 14.9 Å². The summed E-state index contributed by atoms with van der Waals surface area (Å²) < 4.78 is 26.2. The zero-order valence-corrected chi connectivity index (χ0v) is 11.9. The Kier molecular flexibility index (Phi) is 5.05. The van der Waals surface area contributed by atoms with E-state index in [-0.39, 0.29) is 22.0 Å². The Bertz CT molecular complexity index is 725. The topological polar surface area (TPSA) is 72.2 Å². The van der Waals surface area contributed by atoms with Gasteiger partial charge in [0, 0.05) is 17.0 Å². The monoisotopic (exact) mass is 324 g/mol. The molecule has 2 aromatic rings. The van der Waals surface area contributed by atoms with Gasteiger partial charge in [-0.1, -0.05) is 12.1 Å². The van der Waals surface area contributed by atoms with E-state index in [0.717, 1.165) is 23.9 Å². The summed E-state index contributed by atoms with van der Waals surface area (Å²) in [6, 6.07) is 8.74. The van der Waals surface area contributed by atoms with Crippen molar-refractivity contribution in [3.05, 3.63) is 64.2 Å². The summed E-state index contributed by atoms with van der Waals surface area (Å²) in [5, 5.41) is 13.2. The van der Waals surface area contributed by atoms with Gasteiger partial charge in [-0.15, -0.1) is 11.8 Å². The first-order chi connectivity index (χ1) is 10.5. The molecule has 1 amide bonds. The number of carbonyl (C=O) groups is 1. The van der Waals surface area contributed by atoms with Gasteiger partial charge in [-0.05, 0) is 18.2 Å². The largest absolute Gasteiger partial charge is 0.320 e. The number of halogens is 2. The smallest absolute Gasteiger partial charge is 0.292 e. The molecule has 0 aromatic heterocycles. The number of nitro groups is 1. The number of hydrogen-bond donors (Lipinski definition) is 1. The van der Waals surface area contributed by atoms with Gasteiger partial charge in [0.05, 0.1) is 10.7 Å². The number of carbonyl (C=O) groups excluding carboxylic acids is 1. The molecule has 0 saturated heterocycles. The Balaban J connectivity index is 2.00. The van der Waals surface area contributed by atoms with E-state index >= 15 is 0 Å². The molecule has 0 aliphatic carbocycles. The molecule has 0 aliphatic heterocycles. The molecule has 0 heterocycles. The lowest BCUT2D eigenvalue weighted by atomic mass is 10.2. The molecule has 114 valence electrons. The van der Waals surface area contributed by atoms with Crippen LogP contribution in [0.2, 0.25) is 0 Å².